The van der Waals surface area contributed by atoms with Gasteiger partial charge in [-0.05, 0) is 0 Å². The fourth-order valence-corrected chi connectivity index (χ4v) is 1.39. The van der Waals surface area contributed by atoms with Gasteiger partial charge in [-0.3, -0.25) is 9.78 Å². The van der Waals surface area contributed by atoms with Crippen LogP contribution in [0.3, 0.4) is 0 Å². The summed E-state index contributed by atoms with van der Waals surface area (Å²) < 4.78 is 21.2. The van der Waals surface area contributed by atoms with Crippen LogP contribution in [0, 0.1) is 0 Å². The molecule has 0 aliphatic rings. The van der Waals surface area contributed by atoms with Crippen molar-refractivity contribution < 1.29 is 8.42 Å². The van der Waals surface area contributed by atoms with Gasteiger partial charge in [-0.1, -0.05) is 0 Å². The monoisotopic (exact) mass is 210 g/mol. The second kappa shape index (κ2) is 2.76. The number of nitrogens with one attached hydrogen (secondary N) is 2. The lowest BCUT2D eigenvalue weighted by atomic mass is 10.7. The molecule has 0 unspecified atom stereocenters. The third kappa shape index (κ3) is 1.74. The van der Waals surface area contributed by atoms with Crippen LogP contribution in [-0.2, 0) is 9.05 Å². The van der Waals surface area contributed by atoms with E-state index in [0.29, 0.717) is 0 Å². The van der Waals surface area contributed by atoms with Crippen molar-refractivity contribution in [2.45, 2.75) is 4.90 Å². The maximum absolute atomic E-state index is 10.7. The van der Waals surface area contributed by atoms with Crippen LogP contribution in [0.25, 0.3) is 0 Å². The molecule has 1 aromatic heterocycles. The fraction of sp³-hybridized carbons (Fsp3) is 0. The summed E-state index contributed by atoms with van der Waals surface area (Å²) in [6, 6.07) is 0. The summed E-state index contributed by atoms with van der Waals surface area (Å²) in [5.74, 6) is 0. The maximum Gasteiger partial charge on any atom is 0.325 e. The normalized spacial score (nSPS) is 11.4. The van der Waals surface area contributed by atoms with E-state index in [-0.39, 0.29) is 0 Å². The van der Waals surface area contributed by atoms with E-state index in [1.165, 1.54) is 0 Å². The van der Waals surface area contributed by atoms with Crippen molar-refractivity contribution in [3.63, 3.8) is 0 Å². The first-order chi connectivity index (χ1) is 5.41. The molecule has 0 fully saturated rings. The molecule has 0 radical (unpaired) electrons. The number of rotatable bonds is 1. The number of aromatic nitrogens is 2. The Kier molecular flexibility index (Phi) is 2.07. The predicted molar refractivity (Wildman–Crippen MR) is 40.7 cm³/mol. The second-order valence-corrected chi connectivity index (χ2v) is 4.41. The Bertz CT molecular complexity index is 498. The van der Waals surface area contributed by atoms with E-state index in [1.807, 2.05) is 4.98 Å². The molecule has 8 heteroatoms. The summed E-state index contributed by atoms with van der Waals surface area (Å²) >= 11 is 0. The zero-order chi connectivity index (χ0) is 9.35. The van der Waals surface area contributed by atoms with Crippen molar-refractivity contribution in [2.24, 2.45) is 0 Å². The molecule has 6 nitrogen and oxygen atoms in total. The summed E-state index contributed by atoms with van der Waals surface area (Å²) in [4.78, 5) is 24.2. The summed E-state index contributed by atoms with van der Waals surface area (Å²) in [7, 11) is 0.754. The molecule has 0 aromatic carbocycles. The fourth-order valence-electron chi connectivity index (χ4n) is 0.579. The molecule has 1 rings (SSSR count). The van der Waals surface area contributed by atoms with Gasteiger partial charge in [0.1, 0.15) is 0 Å². The molecule has 1 heterocycles. The number of hydrogen-bond donors (Lipinski definition) is 2. The van der Waals surface area contributed by atoms with Crippen LogP contribution >= 0.6 is 10.7 Å². The van der Waals surface area contributed by atoms with Gasteiger partial charge in [0.05, 0.1) is 0 Å². The number of halogens is 1. The van der Waals surface area contributed by atoms with Gasteiger partial charge >= 0.3 is 5.69 Å². The lowest BCUT2D eigenvalue weighted by molar-refractivity contribution is 0.607. The first-order valence-corrected chi connectivity index (χ1v) is 4.99. The van der Waals surface area contributed by atoms with Crippen LogP contribution < -0.4 is 11.2 Å². The van der Waals surface area contributed by atoms with Gasteiger partial charge < -0.3 is 4.98 Å². The molecule has 0 saturated carbocycles. The Labute approximate surface area is 70.6 Å². The van der Waals surface area contributed by atoms with Crippen molar-refractivity contribution in [2.75, 3.05) is 0 Å². The minimum Gasteiger partial charge on any atom is -0.313 e. The summed E-state index contributed by atoms with van der Waals surface area (Å²) in [5.41, 5.74) is -1.82. The molecule has 0 atom stereocenters. The van der Waals surface area contributed by atoms with E-state index >= 15 is 0 Å². The Morgan fingerprint density at radius 2 is 1.92 bits per heavy atom. The summed E-state index contributed by atoms with van der Waals surface area (Å²) in [6.45, 7) is 0. The van der Waals surface area contributed by atoms with E-state index in [2.05, 4.69) is 0 Å². The lowest BCUT2D eigenvalue weighted by Crippen LogP contribution is -2.25. The van der Waals surface area contributed by atoms with E-state index < -0.39 is 25.2 Å². The average molecular weight is 211 g/mol. The third-order valence-electron chi connectivity index (χ3n) is 1.05. The van der Waals surface area contributed by atoms with Gasteiger partial charge in [0, 0.05) is 16.9 Å². The van der Waals surface area contributed by atoms with Crippen LogP contribution in [0.5, 0.6) is 0 Å². The van der Waals surface area contributed by atoms with Crippen LogP contribution in [0.4, 0.5) is 0 Å². The number of aromatic amines is 2. The van der Waals surface area contributed by atoms with Crippen molar-refractivity contribution in [3.05, 3.63) is 27.0 Å². The summed E-state index contributed by atoms with van der Waals surface area (Å²) in [5, 5.41) is 0. The molecule has 0 spiro atoms. The molecule has 1 aromatic rings. The van der Waals surface area contributed by atoms with E-state index in [1.54, 1.807) is 4.98 Å². The molecular weight excluding hydrogens is 208 g/mol. The van der Waals surface area contributed by atoms with E-state index in [4.69, 9.17) is 10.7 Å². The minimum atomic E-state index is -4.09. The van der Waals surface area contributed by atoms with Gasteiger partial charge in [-0.2, -0.15) is 0 Å². The van der Waals surface area contributed by atoms with Crippen molar-refractivity contribution >= 4 is 19.7 Å². The lowest BCUT2D eigenvalue weighted by Gasteiger charge is -1.90. The van der Waals surface area contributed by atoms with Gasteiger partial charge in [0.15, 0.2) is 4.90 Å². The second-order valence-electron chi connectivity index (χ2n) is 1.87. The standard InChI is InChI=1S/C4H3ClN2O4S/c5-12(10,11)2-1-6-4(9)7-3(2)8/h1H,(H2,6,7,8,9). The Hall–Kier alpha value is -1.08. The van der Waals surface area contributed by atoms with Crippen LogP contribution in [0.15, 0.2) is 20.7 Å². The molecule has 2 N–H and O–H groups in total. The highest BCUT2D eigenvalue weighted by molar-refractivity contribution is 8.13. The SMILES string of the molecule is O=c1[nH]cc(S(=O)(=O)Cl)c(=O)[nH]1. The Morgan fingerprint density at radius 3 is 2.33 bits per heavy atom. The average Bonchev–Trinajstić information content (AvgIpc) is 1.83. The molecule has 0 aliphatic carbocycles. The molecule has 0 aliphatic heterocycles. The highest BCUT2D eigenvalue weighted by Crippen LogP contribution is 2.05. The molecule has 0 bridgehead atoms. The van der Waals surface area contributed by atoms with E-state index in [9.17, 15) is 18.0 Å². The van der Waals surface area contributed by atoms with Gasteiger partial charge in [-0.25, -0.2) is 13.2 Å². The highest BCUT2D eigenvalue weighted by Gasteiger charge is 2.14. The quantitative estimate of drug-likeness (QED) is 0.580. The smallest absolute Gasteiger partial charge is 0.313 e. The zero-order valence-corrected chi connectivity index (χ0v) is 7.07. The van der Waals surface area contributed by atoms with Crippen LogP contribution in [0.2, 0.25) is 0 Å². The maximum atomic E-state index is 10.7. The zero-order valence-electron chi connectivity index (χ0n) is 5.50. The van der Waals surface area contributed by atoms with Crippen LogP contribution in [0.1, 0.15) is 0 Å². The topological polar surface area (TPSA) is 99.9 Å². The van der Waals surface area contributed by atoms with Crippen molar-refractivity contribution in [3.8, 4) is 0 Å². The van der Waals surface area contributed by atoms with Crippen molar-refractivity contribution in [1.29, 1.82) is 0 Å². The number of hydrogen-bond acceptors (Lipinski definition) is 4. The minimum absolute atomic E-state index is 0.677. The molecule has 0 saturated heterocycles. The van der Waals surface area contributed by atoms with Gasteiger partial charge in [-0.15, -0.1) is 0 Å². The molecule has 66 valence electrons. The summed E-state index contributed by atoms with van der Waals surface area (Å²) in [6.07, 6.45) is 0.740. The van der Waals surface area contributed by atoms with E-state index in [0.717, 1.165) is 6.20 Å². The molecule has 12 heavy (non-hydrogen) atoms. The Morgan fingerprint density at radius 1 is 1.33 bits per heavy atom. The Balaban J connectivity index is 3.61. The molecular formula is C4H3ClN2O4S. The highest BCUT2D eigenvalue weighted by atomic mass is 35.7. The third-order valence-corrected chi connectivity index (χ3v) is 2.38. The predicted octanol–water partition coefficient (Wildman–Crippen LogP) is -1.01. The van der Waals surface area contributed by atoms with Crippen LogP contribution in [-0.4, -0.2) is 18.4 Å². The first kappa shape index (κ1) is 9.01. The molecule has 0 amide bonds. The van der Waals surface area contributed by atoms with Crippen molar-refractivity contribution in [1.82, 2.24) is 9.97 Å². The van der Waals surface area contributed by atoms with Gasteiger partial charge in [0.2, 0.25) is 0 Å². The van der Waals surface area contributed by atoms with Gasteiger partial charge in [0.25, 0.3) is 14.6 Å². The number of H-pyrrole nitrogens is 2. The largest absolute Gasteiger partial charge is 0.325 e. The first-order valence-electron chi connectivity index (χ1n) is 2.68.